The average Bonchev–Trinajstić information content (AvgIpc) is 2.65. The van der Waals surface area contributed by atoms with E-state index in [4.69, 9.17) is 0 Å². The Morgan fingerprint density at radius 3 is 1.72 bits per heavy atom. The minimum Gasteiger partial charge on any atom is -0.465 e. The molecule has 0 atom stereocenters. The summed E-state index contributed by atoms with van der Waals surface area (Å²) in [6, 6.07) is 8.05. The second-order valence-corrected chi connectivity index (χ2v) is 4.97. The summed E-state index contributed by atoms with van der Waals surface area (Å²) in [5, 5.41) is 0. The van der Waals surface area contributed by atoms with Crippen LogP contribution < -0.4 is 0 Å². The minimum atomic E-state index is -0.836. The van der Waals surface area contributed by atoms with Crippen LogP contribution in [0, 0.1) is 5.82 Å². The second-order valence-electron chi connectivity index (χ2n) is 4.97. The third-order valence-corrected chi connectivity index (χ3v) is 3.48. The Hall–Kier alpha value is -3.22. The molecular weight excluding hydrogens is 331 g/mol. The smallest absolute Gasteiger partial charge is 0.340 e. The highest BCUT2D eigenvalue weighted by molar-refractivity contribution is 5.98. The lowest BCUT2D eigenvalue weighted by Crippen LogP contribution is -2.07. The quantitative estimate of drug-likeness (QED) is 0.626. The van der Waals surface area contributed by atoms with E-state index in [-0.39, 0.29) is 16.7 Å². The standard InChI is InChI=1S/C18H15FO6/c1-23-16(20)12-6-11(7-13(8-12)17(21)24-2)10-4-5-15(19)14(9-10)18(22)25-3/h4-9H,1-3H3. The molecule has 0 aromatic heterocycles. The lowest BCUT2D eigenvalue weighted by molar-refractivity contribution is 0.0584. The summed E-state index contributed by atoms with van der Waals surface area (Å²) in [7, 11) is 3.56. The molecule has 0 heterocycles. The predicted molar refractivity (Wildman–Crippen MR) is 85.9 cm³/mol. The molecule has 6 nitrogen and oxygen atoms in total. The maximum atomic E-state index is 13.8. The predicted octanol–water partition coefficient (Wildman–Crippen LogP) is 2.85. The fraction of sp³-hybridized carbons (Fsp3) is 0.167. The maximum absolute atomic E-state index is 13.8. The fourth-order valence-corrected chi connectivity index (χ4v) is 2.24. The molecule has 0 aliphatic carbocycles. The minimum absolute atomic E-state index is 0.115. The van der Waals surface area contributed by atoms with Crippen molar-refractivity contribution >= 4 is 17.9 Å². The Balaban J connectivity index is 2.63. The van der Waals surface area contributed by atoms with Crippen molar-refractivity contribution in [2.75, 3.05) is 21.3 Å². The van der Waals surface area contributed by atoms with Crippen LogP contribution in [0.1, 0.15) is 31.1 Å². The lowest BCUT2D eigenvalue weighted by Gasteiger charge is -2.10. The van der Waals surface area contributed by atoms with E-state index in [9.17, 15) is 18.8 Å². The monoisotopic (exact) mass is 346 g/mol. The van der Waals surface area contributed by atoms with Crippen molar-refractivity contribution in [3.63, 3.8) is 0 Å². The summed E-state index contributed by atoms with van der Waals surface area (Å²) < 4.78 is 27.7. The van der Waals surface area contributed by atoms with E-state index < -0.39 is 23.7 Å². The van der Waals surface area contributed by atoms with Crippen LogP contribution in [0.2, 0.25) is 0 Å². The summed E-state index contributed by atoms with van der Waals surface area (Å²) in [6.07, 6.45) is 0. The summed E-state index contributed by atoms with van der Waals surface area (Å²) >= 11 is 0. The third kappa shape index (κ3) is 3.82. The number of carbonyl (C=O) groups is 3. The Morgan fingerprint density at radius 2 is 1.24 bits per heavy atom. The first kappa shape index (κ1) is 18.1. The van der Waals surface area contributed by atoms with Gasteiger partial charge in [-0.15, -0.1) is 0 Å². The van der Waals surface area contributed by atoms with Gasteiger partial charge in [-0.3, -0.25) is 0 Å². The number of hydrogen-bond donors (Lipinski definition) is 0. The van der Waals surface area contributed by atoms with Crippen LogP contribution in [-0.4, -0.2) is 39.2 Å². The molecular formula is C18H15FO6. The van der Waals surface area contributed by atoms with Crippen molar-refractivity contribution in [2.24, 2.45) is 0 Å². The van der Waals surface area contributed by atoms with Gasteiger partial charge in [0.15, 0.2) is 0 Å². The summed E-state index contributed by atoms with van der Waals surface area (Å²) in [4.78, 5) is 35.3. The molecule has 0 unspecified atom stereocenters. The van der Waals surface area contributed by atoms with Gasteiger partial charge in [0, 0.05) is 0 Å². The zero-order valence-electron chi connectivity index (χ0n) is 13.8. The van der Waals surface area contributed by atoms with E-state index >= 15 is 0 Å². The number of esters is 3. The van der Waals surface area contributed by atoms with Crippen LogP contribution in [0.5, 0.6) is 0 Å². The van der Waals surface area contributed by atoms with Crippen molar-refractivity contribution in [3.05, 3.63) is 58.9 Å². The molecule has 0 saturated carbocycles. The number of halogens is 1. The van der Waals surface area contributed by atoms with Crippen LogP contribution in [-0.2, 0) is 14.2 Å². The molecule has 0 fully saturated rings. The lowest BCUT2D eigenvalue weighted by atomic mass is 9.98. The largest absolute Gasteiger partial charge is 0.465 e. The van der Waals surface area contributed by atoms with Gasteiger partial charge in [-0.1, -0.05) is 6.07 Å². The number of carbonyl (C=O) groups excluding carboxylic acids is 3. The van der Waals surface area contributed by atoms with E-state index in [0.717, 1.165) is 13.2 Å². The van der Waals surface area contributed by atoms with E-state index in [0.29, 0.717) is 11.1 Å². The highest BCUT2D eigenvalue weighted by atomic mass is 19.1. The molecule has 25 heavy (non-hydrogen) atoms. The van der Waals surface area contributed by atoms with Gasteiger partial charge in [-0.25, -0.2) is 18.8 Å². The molecule has 2 rings (SSSR count). The van der Waals surface area contributed by atoms with Crippen LogP contribution >= 0.6 is 0 Å². The van der Waals surface area contributed by atoms with Gasteiger partial charge in [0.05, 0.1) is 38.0 Å². The zero-order valence-corrected chi connectivity index (χ0v) is 13.8. The van der Waals surface area contributed by atoms with Gasteiger partial charge >= 0.3 is 17.9 Å². The molecule has 130 valence electrons. The van der Waals surface area contributed by atoms with E-state index in [1.54, 1.807) is 0 Å². The number of hydrogen-bond acceptors (Lipinski definition) is 6. The molecule has 2 aromatic rings. The van der Waals surface area contributed by atoms with Crippen molar-refractivity contribution in [2.45, 2.75) is 0 Å². The normalized spacial score (nSPS) is 10.1. The Kier molecular flexibility index (Phi) is 5.49. The molecule has 0 amide bonds. The first-order chi connectivity index (χ1) is 11.9. The zero-order chi connectivity index (χ0) is 18.6. The van der Waals surface area contributed by atoms with E-state index in [1.807, 2.05) is 0 Å². The topological polar surface area (TPSA) is 78.9 Å². The molecule has 7 heteroatoms. The fourth-order valence-electron chi connectivity index (χ4n) is 2.24. The third-order valence-electron chi connectivity index (χ3n) is 3.48. The van der Waals surface area contributed by atoms with Crippen LogP contribution in [0.4, 0.5) is 4.39 Å². The number of methoxy groups -OCH3 is 3. The Labute approximate surface area is 143 Å². The molecule has 0 radical (unpaired) electrons. The van der Waals surface area contributed by atoms with Gasteiger partial charge < -0.3 is 14.2 Å². The number of rotatable bonds is 4. The van der Waals surface area contributed by atoms with Gasteiger partial charge in [0.2, 0.25) is 0 Å². The van der Waals surface area contributed by atoms with Gasteiger partial charge in [0.25, 0.3) is 0 Å². The molecule has 2 aromatic carbocycles. The molecule has 0 bridgehead atoms. The van der Waals surface area contributed by atoms with E-state index in [2.05, 4.69) is 14.2 Å². The van der Waals surface area contributed by atoms with Crippen LogP contribution in [0.3, 0.4) is 0 Å². The van der Waals surface area contributed by atoms with Gasteiger partial charge in [0.1, 0.15) is 5.82 Å². The number of ether oxygens (including phenoxy) is 3. The summed E-state index contributed by atoms with van der Waals surface area (Å²) in [6.45, 7) is 0. The van der Waals surface area contributed by atoms with Crippen molar-refractivity contribution in [1.82, 2.24) is 0 Å². The highest BCUT2D eigenvalue weighted by Gasteiger charge is 2.17. The second kappa shape index (κ2) is 7.57. The first-order valence-corrected chi connectivity index (χ1v) is 7.11. The number of benzene rings is 2. The SMILES string of the molecule is COC(=O)c1cc(C(=O)OC)cc(-c2ccc(F)c(C(=O)OC)c2)c1. The van der Waals surface area contributed by atoms with Crippen molar-refractivity contribution < 1.29 is 33.0 Å². The molecule has 0 N–H and O–H groups in total. The summed E-state index contributed by atoms with van der Waals surface area (Å²) in [5.41, 5.74) is 0.794. The van der Waals surface area contributed by atoms with E-state index in [1.165, 1.54) is 44.6 Å². The first-order valence-electron chi connectivity index (χ1n) is 7.11. The van der Waals surface area contributed by atoms with Crippen LogP contribution in [0.25, 0.3) is 11.1 Å². The molecule has 0 aliphatic rings. The molecule has 0 spiro atoms. The van der Waals surface area contributed by atoms with Crippen molar-refractivity contribution in [1.29, 1.82) is 0 Å². The molecule has 0 aliphatic heterocycles. The van der Waals surface area contributed by atoms with Gasteiger partial charge in [-0.2, -0.15) is 0 Å². The Morgan fingerprint density at radius 1 is 0.720 bits per heavy atom. The van der Waals surface area contributed by atoms with Crippen LogP contribution in [0.15, 0.2) is 36.4 Å². The molecule has 0 saturated heterocycles. The Bertz CT molecular complexity index is 809. The highest BCUT2D eigenvalue weighted by Crippen LogP contribution is 2.26. The average molecular weight is 346 g/mol. The summed E-state index contributed by atoms with van der Waals surface area (Å²) in [5.74, 6) is -2.88. The van der Waals surface area contributed by atoms with Crippen molar-refractivity contribution in [3.8, 4) is 11.1 Å². The maximum Gasteiger partial charge on any atom is 0.340 e. The van der Waals surface area contributed by atoms with Gasteiger partial charge in [-0.05, 0) is 41.5 Å².